The number of hydrazone groups is 1. The molecular weight excluding hydrogens is 402 g/mol. The minimum Gasteiger partial charge on any atom is -0.512 e. The third kappa shape index (κ3) is 4.76. The van der Waals surface area contributed by atoms with Gasteiger partial charge in [-0.15, -0.1) is 5.10 Å². The van der Waals surface area contributed by atoms with Gasteiger partial charge in [0.15, 0.2) is 6.61 Å². The predicted molar refractivity (Wildman–Crippen MR) is 113 cm³/mol. The number of carbonyl (C=O) groups excluding carboxylic acids is 1. The minimum atomic E-state index is -2.69. The van der Waals surface area contributed by atoms with Gasteiger partial charge >= 0.3 is 0 Å². The van der Waals surface area contributed by atoms with E-state index in [0.29, 0.717) is 12.3 Å². The van der Waals surface area contributed by atoms with Gasteiger partial charge in [-0.1, -0.05) is 49.0 Å². The lowest BCUT2D eigenvalue weighted by Crippen LogP contribution is -2.36. The summed E-state index contributed by atoms with van der Waals surface area (Å²) < 4.78 is 32.8. The van der Waals surface area contributed by atoms with Crippen LogP contribution in [-0.4, -0.2) is 34.4 Å². The van der Waals surface area contributed by atoms with Gasteiger partial charge in [0.2, 0.25) is 11.8 Å². The highest BCUT2D eigenvalue weighted by Crippen LogP contribution is 2.47. The van der Waals surface area contributed by atoms with Crippen LogP contribution in [-0.2, 0) is 16.1 Å². The minimum absolute atomic E-state index is 0.0892. The van der Waals surface area contributed by atoms with Gasteiger partial charge in [-0.3, -0.25) is 4.79 Å². The van der Waals surface area contributed by atoms with Crippen LogP contribution in [0.5, 0.6) is 0 Å². The summed E-state index contributed by atoms with van der Waals surface area (Å²) in [7, 11) is 0. The average Bonchev–Trinajstić information content (AvgIpc) is 3.10. The fourth-order valence-electron chi connectivity index (χ4n) is 4.25. The van der Waals surface area contributed by atoms with Crippen molar-refractivity contribution in [3.05, 3.63) is 83.6 Å². The Bertz CT molecular complexity index is 990. The summed E-state index contributed by atoms with van der Waals surface area (Å²) in [6.45, 7) is 3.78. The first-order valence-corrected chi connectivity index (χ1v) is 10.2. The number of amides is 1. The molecule has 1 fully saturated rings. The van der Waals surface area contributed by atoms with Crippen LogP contribution < -0.4 is 0 Å². The Labute approximate surface area is 179 Å². The second-order valence-corrected chi connectivity index (χ2v) is 8.08. The second kappa shape index (κ2) is 8.49. The Hall–Kier alpha value is -3.22. The van der Waals surface area contributed by atoms with Crippen molar-refractivity contribution >= 4 is 11.8 Å². The number of rotatable bonds is 6. The zero-order chi connectivity index (χ0) is 22.0. The van der Waals surface area contributed by atoms with Crippen LogP contribution in [0, 0.1) is 5.92 Å². The Balaban J connectivity index is 1.50. The molecule has 1 saturated carbocycles. The van der Waals surface area contributed by atoms with E-state index >= 15 is 0 Å². The van der Waals surface area contributed by atoms with Crippen molar-refractivity contribution in [3.63, 3.8) is 0 Å². The maximum Gasteiger partial charge on any atom is 0.281 e. The van der Waals surface area contributed by atoms with Crippen molar-refractivity contribution in [3.8, 4) is 0 Å². The van der Waals surface area contributed by atoms with Crippen molar-refractivity contribution in [1.82, 2.24) is 5.01 Å². The fraction of sp³-hybridized carbons (Fsp3) is 0.333. The number of hydrogen-bond acceptors (Lipinski definition) is 4. The number of ether oxygens (including phenoxy) is 1. The summed E-state index contributed by atoms with van der Waals surface area (Å²) in [5, 5.41) is 15.8. The fourth-order valence-corrected chi connectivity index (χ4v) is 4.25. The van der Waals surface area contributed by atoms with E-state index < -0.39 is 11.8 Å². The molecule has 1 aliphatic heterocycles. The van der Waals surface area contributed by atoms with E-state index in [9.17, 15) is 18.7 Å². The number of carbonyl (C=O) groups is 1. The zero-order valence-corrected chi connectivity index (χ0v) is 17.0. The highest BCUT2D eigenvalue weighted by Gasteiger charge is 2.43. The standard InChI is InChI=1S/C24H24F2N2O3/c1-16(29)22(20-11-12-24(25,26)13-20)18-9-7-17(8-10-18)14-28-21(30)15-31-23(27-28)19-5-3-2-4-6-19/h2-10,20,22,29H,1,11-15H2. The maximum atomic E-state index is 13.7. The molecule has 4 rings (SSSR count). The van der Waals surface area contributed by atoms with Gasteiger partial charge < -0.3 is 9.84 Å². The average molecular weight is 426 g/mol. The lowest BCUT2D eigenvalue weighted by Gasteiger charge is -2.25. The number of alkyl halides is 2. The van der Waals surface area contributed by atoms with Crippen LogP contribution in [0.2, 0.25) is 0 Å². The topological polar surface area (TPSA) is 62.1 Å². The van der Waals surface area contributed by atoms with E-state index in [2.05, 4.69) is 11.7 Å². The molecule has 162 valence electrons. The predicted octanol–water partition coefficient (Wildman–Crippen LogP) is 5.00. The van der Waals surface area contributed by atoms with Crippen LogP contribution in [0.15, 0.2) is 72.0 Å². The molecule has 31 heavy (non-hydrogen) atoms. The lowest BCUT2D eigenvalue weighted by molar-refractivity contribution is -0.136. The molecule has 1 heterocycles. The summed E-state index contributed by atoms with van der Waals surface area (Å²) in [5.74, 6) is -3.54. The first-order valence-electron chi connectivity index (χ1n) is 10.2. The molecule has 2 unspecified atom stereocenters. The quantitative estimate of drug-likeness (QED) is 0.662. The van der Waals surface area contributed by atoms with E-state index in [-0.39, 0.29) is 43.6 Å². The molecule has 2 aromatic carbocycles. The lowest BCUT2D eigenvalue weighted by atomic mass is 9.83. The van der Waals surface area contributed by atoms with Crippen LogP contribution in [0.1, 0.15) is 41.9 Å². The van der Waals surface area contributed by atoms with E-state index in [0.717, 1.165) is 16.7 Å². The Morgan fingerprint density at radius 2 is 1.94 bits per heavy atom. The number of allylic oxidation sites excluding steroid dienone is 1. The van der Waals surface area contributed by atoms with E-state index in [1.165, 1.54) is 5.01 Å². The molecule has 1 aliphatic carbocycles. The SMILES string of the molecule is C=C(O)C(c1ccc(CN2N=C(c3ccccc3)OCC2=O)cc1)C1CCC(F)(F)C1. The van der Waals surface area contributed by atoms with E-state index in [1.807, 2.05) is 42.5 Å². The summed E-state index contributed by atoms with van der Waals surface area (Å²) in [4.78, 5) is 12.3. The van der Waals surface area contributed by atoms with Gasteiger partial charge in [0, 0.05) is 24.3 Å². The van der Waals surface area contributed by atoms with Gasteiger partial charge in [0.1, 0.15) is 0 Å². The first kappa shape index (κ1) is 21.0. The molecule has 0 spiro atoms. The molecule has 1 amide bonds. The molecular formula is C24H24F2N2O3. The summed E-state index contributed by atoms with van der Waals surface area (Å²) >= 11 is 0. The monoisotopic (exact) mass is 426 g/mol. The number of benzene rings is 2. The number of aliphatic hydroxyl groups is 1. The Kier molecular flexibility index (Phi) is 5.76. The molecule has 1 N–H and O–H groups in total. The first-order chi connectivity index (χ1) is 14.8. The molecule has 0 bridgehead atoms. The molecule has 2 aliphatic rings. The highest BCUT2D eigenvalue weighted by molar-refractivity contribution is 5.97. The number of halogens is 2. The third-order valence-corrected chi connectivity index (χ3v) is 5.80. The normalized spacial score (nSPS) is 21.4. The van der Waals surface area contributed by atoms with Crippen molar-refractivity contribution in [1.29, 1.82) is 0 Å². The van der Waals surface area contributed by atoms with Gasteiger partial charge in [-0.05, 0) is 35.6 Å². The third-order valence-electron chi connectivity index (χ3n) is 5.80. The molecule has 2 aromatic rings. The molecule has 0 radical (unpaired) electrons. The van der Waals surface area contributed by atoms with Crippen molar-refractivity contribution in [2.45, 2.75) is 37.6 Å². The smallest absolute Gasteiger partial charge is 0.281 e. The Morgan fingerprint density at radius 1 is 1.23 bits per heavy atom. The zero-order valence-electron chi connectivity index (χ0n) is 17.0. The Morgan fingerprint density at radius 3 is 2.55 bits per heavy atom. The van der Waals surface area contributed by atoms with Crippen molar-refractivity contribution in [2.75, 3.05) is 6.61 Å². The van der Waals surface area contributed by atoms with Crippen molar-refractivity contribution < 1.29 is 23.4 Å². The van der Waals surface area contributed by atoms with Gasteiger partial charge in [-0.2, -0.15) is 0 Å². The maximum absolute atomic E-state index is 13.7. The van der Waals surface area contributed by atoms with Crippen LogP contribution in [0.4, 0.5) is 8.78 Å². The summed E-state index contributed by atoms with van der Waals surface area (Å²) in [6.07, 6.45) is -0.0725. The molecule has 0 aromatic heterocycles. The van der Waals surface area contributed by atoms with Crippen molar-refractivity contribution in [2.24, 2.45) is 11.0 Å². The molecule has 7 heteroatoms. The highest BCUT2D eigenvalue weighted by atomic mass is 19.3. The number of hydrogen-bond donors (Lipinski definition) is 1. The molecule has 5 nitrogen and oxygen atoms in total. The second-order valence-electron chi connectivity index (χ2n) is 8.08. The molecule has 0 saturated heterocycles. The summed E-state index contributed by atoms with van der Waals surface area (Å²) in [6, 6.07) is 16.6. The number of aliphatic hydroxyl groups excluding tert-OH is 1. The molecule has 2 atom stereocenters. The van der Waals surface area contributed by atoms with Gasteiger partial charge in [0.05, 0.1) is 12.3 Å². The summed E-state index contributed by atoms with van der Waals surface area (Å²) in [5.41, 5.74) is 2.35. The van der Waals surface area contributed by atoms with Crippen LogP contribution in [0.25, 0.3) is 0 Å². The van der Waals surface area contributed by atoms with Gasteiger partial charge in [-0.25, -0.2) is 13.8 Å². The van der Waals surface area contributed by atoms with Crippen LogP contribution >= 0.6 is 0 Å². The number of nitrogens with zero attached hydrogens (tertiary/aromatic N) is 2. The van der Waals surface area contributed by atoms with Gasteiger partial charge in [0.25, 0.3) is 5.91 Å². The van der Waals surface area contributed by atoms with Crippen LogP contribution in [0.3, 0.4) is 0 Å². The van der Waals surface area contributed by atoms with E-state index in [1.54, 1.807) is 12.1 Å². The largest absolute Gasteiger partial charge is 0.512 e. The van der Waals surface area contributed by atoms with E-state index in [4.69, 9.17) is 4.74 Å².